The summed E-state index contributed by atoms with van der Waals surface area (Å²) in [5.74, 6) is 0.950. The fraction of sp³-hybridized carbons (Fsp3) is 0.200. The van der Waals surface area contributed by atoms with Gasteiger partial charge in [-0.2, -0.15) is 5.10 Å². The molecule has 0 spiro atoms. The molecule has 25 heavy (non-hydrogen) atoms. The van der Waals surface area contributed by atoms with Crippen LogP contribution in [0.15, 0.2) is 54.7 Å². The second-order valence-electron chi connectivity index (χ2n) is 6.36. The van der Waals surface area contributed by atoms with E-state index in [2.05, 4.69) is 22.4 Å². The second kappa shape index (κ2) is 6.43. The maximum Gasteiger partial charge on any atom is 0.244 e. The number of para-hydroxylation sites is 1. The third-order valence-electron chi connectivity index (χ3n) is 4.52. The van der Waals surface area contributed by atoms with Gasteiger partial charge in [0.25, 0.3) is 0 Å². The number of hydrogen-bond acceptors (Lipinski definition) is 3. The first-order valence-corrected chi connectivity index (χ1v) is 8.34. The fourth-order valence-corrected chi connectivity index (χ4v) is 3.14. The number of aromatic nitrogens is 2. The summed E-state index contributed by atoms with van der Waals surface area (Å²) in [4.78, 5) is 12.4. The normalized spacial score (nSPS) is 19.6. The van der Waals surface area contributed by atoms with Crippen LogP contribution < -0.4 is 10.1 Å². The van der Waals surface area contributed by atoms with Gasteiger partial charge in [0.15, 0.2) is 0 Å². The number of H-pyrrole nitrogens is 1. The van der Waals surface area contributed by atoms with Crippen LogP contribution in [-0.4, -0.2) is 22.7 Å². The number of fused-ring (bicyclic) bond motifs is 2. The Hall–Kier alpha value is -3.08. The standard InChI is InChI=1S/C20H19N3O2/c1-13-12-25-18-5-3-2-4-16(18)20(13)22-19(24)9-7-14-6-8-15-11-21-23-17(15)10-14/h2-11,13,20H,12H2,1H3,(H,21,23)(H,22,24)/b9-7+/t13-,20+/m1/s1. The average Bonchev–Trinajstić information content (AvgIpc) is 3.10. The van der Waals surface area contributed by atoms with E-state index in [1.165, 1.54) is 0 Å². The number of ether oxygens (including phenoxy) is 1. The zero-order chi connectivity index (χ0) is 17.2. The van der Waals surface area contributed by atoms with Crippen molar-refractivity contribution < 1.29 is 9.53 Å². The zero-order valence-electron chi connectivity index (χ0n) is 13.9. The number of amides is 1. The Morgan fingerprint density at radius 1 is 1.32 bits per heavy atom. The van der Waals surface area contributed by atoms with Crippen LogP contribution in [-0.2, 0) is 4.79 Å². The Morgan fingerprint density at radius 3 is 3.12 bits per heavy atom. The third kappa shape index (κ3) is 3.13. The van der Waals surface area contributed by atoms with E-state index in [1.807, 2.05) is 48.5 Å². The lowest BCUT2D eigenvalue weighted by Crippen LogP contribution is -2.36. The van der Waals surface area contributed by atoms with Gasteiger partial charge in [0.1, 0.15) is 5.75 Å². The molecule has 2 heterocycles. The number of benzene rings is 2. The molecule has 1 amide bonds. The highest BCUT2D eigenvalue weighted by Gasteiger charge is 2.28. The Morgan fingerprint density at radius 2 is 2.20 bits per heavy atom. The molecule has 2 N–H and O–H groups in total. The zero-order valence-corrected chi connectivity index (χ0v) is 13.9. The van der Waals surface area contributed by atoms with E-state index in [-0.39, 0.29) is 17.9 Å². The molecule has 5 nitrogen and oxygen atoms in total. The molecule has 0 unspecified atom stereocenters. The molecule has 2 atom stereocenters. The first kappa shape index (κ1) is 15.4. The molecule has 4 rings (SSSR count). The fourth-order valence-electron chi connectivity index (χ4n) is 3.14. The predicted octanol–water partition coefficient (Wildman–Crippen LogP) is 3.46. The highest BCUT2D eigenvalue weighted by atomic mass is 16.5. The molecule has 0 saturated heterocycles. The second-order valence-corrected chi connectivity index (χ2v) is 6.36. The van der Waals surface area contributed by atoms with Crippen molar-refractivity contribution in [2.24, 2.45) is 5.92 Å². The van der Waals surface area contributed by atoms with Crippen LogP contribution in [0.5, 0.6) is 5.75 Å². The van der Waals surface area contributed by atoms with Gasteiger partial charge >= 0.3 is 0 Å². The van der Waals surface area contributed by atoms with E-state index >= 15 is 0 Å². The highest BCUT2D eigenvalue weighted by molar-refractivity contribution is 5.92. The Bertz CT molecular complexity index is 945. The van der Waals surface area contributed by atoms with Crippen LogP contribution in [0.2, 0.25) is 0 Å². The maximum absolute atomic E-state index is 12.4. The maximum atomic E-state index is 12.4. The van der Waals surface area contributed by atoms with E-state index in [9.17, 15) is 4.79 Å². The Balaban J connectivity index is 1.50. The van der Waals surface area contributed by atoms with Gasteiger partial charge in [0, 0.05) is 22.9 Å². The van der Waals surface area contributed by atoms with Gasteiger partial charge in [-0.05, 0) is 23.8 Å². The summed E-state index contributed by atoms with van der Waals surface area (Å²) in [6.07, 6.45) is 5.16. The van der Waals surface area contributed by atoms with Crippen LogP contribution >= 0.6 is 0 Å². The van der Waals surface area contributed by atoms with Crippen LogP contribution in [0.3, 0.4) is 0 Å². The minimum Gasteiger partial charge on any atom is -0.493 e. The number of carbonyl (C=O) groups excluding carboxylic acids is 1. The van der Waals surface area contributed by atoms with Crippen molar-refractivity contribution in [1.82, 2.24) is 15.5 Å². The molecular weight excluding hydrogens is 314 g/mol. The number of nitrogens with one attached hydrogen (secondary N) is 2. The highest BCUT2D eigenvalue weighted by Crippen LogP contribution is 2.34. The summed E-state index contributed by atoms with van der Waals surface area (Å²) in [7, 11) is 0. The van der Waals surface area contributed by atoms with E-state index in [0.717, 1.165) is 27.8 Å². The monoisotopic (exact) mass is 333 g/mol. The van der Waals surface area contributed by atoms with Gasteiger partial charge in [-0.25, -0.2) is 0 Å². The van der Waals surface area contributed by atoms with Gasteiger partial charge in [-0.1, -0.05) is 37.3 Å². The number of hydrogen-bond donors (Lipinski definition) is 2. The van der Waals surface area contributed by atoms with Gasteiger partial charge in [0.2, 0.25) is 5.91 Å². The van der Waals surface area contributed by atoms with Crippen molar-refractivity contribution in [3.63, 3.8) is 0 Å². The summed E-state index contributed by atoms with van der Waals surface area (Å²) in [5.41, 5.74) is 2.93. The van der Waals surface area contributed by atoms with Crippen molar-refractivity contribution >= 4 is 22.9 Å². The van der Waals surface area contributed by atoms with Gasteiger partial charge in [-0.15, -0.1) is 0 Å². The van der Waals surface area contributed by atoms with Crippen molar-refractivity contribution in [2.75, 3.05) is 6.61 Å². The molecule has 126 valence electrons. The molecule has 5 heteroatoms. The summed E-state index contributed by atoms with van der Waals surface area (Å²) >= 11 is 0. The molecule has 3 aromatic rings. The SMILES string of the molecule is C[C@@H]1COc2ccccc2[C@H]1NC(=O)/C=C/c1ccc2cn[nH]c2c1. The minimum atomic E-state index is -0.113. The summed E-state index contributed by atoms with van der Waals surface area (Å²) in [6, 6.07) is 13.7. The first-order valence-electron chi connectivity index (χ1n) is 8.34. The van der Waals surface area contributed by atoms with E-state index in [4.69, 9.17) is 4.74 Å². The molecule has 1 aromatic heterocycles. The van der Waals surface area contributed by atoms with Crippen molar-refractivity contribution in [1.29, 1.82) is 0 Å². The van der Waals surface area contributed by atoms with Gasteiger partial charge in [0.05, 0.1) is 24.4 Å². The largest absolute Gasteiger partial charge is 0.493 e. The van der Waals surface area contributed by atoms with E-state index in [1.54, 1.807) is 12.3 Å². The molecule has 1 aliphatic heterocycles. The molecule has 0 fully saturated rings. The van der Waals surface area contributed by atoms with Crippen LogP contribution in [0, 0.1) is 5.92 Å². The van der Waals surface area contributed by atoms with Gasteiger partial charge in [-0.3, -0.25) is 9.89 Å². The molecule has 1 aliphatic rings. The van der Waals surface area contributed by atoms with Crippen LogP contribution in [0.4, 0.5) is 0 Å². The van der Waals surface area contributed by atoms with Crippen molar-refractivity contribution in [2.45, 2.75) is 13.0 Å². The lowest BCUT2D eigenvalue weighted by molar-refractivity contribution is -0.117. The number of aromatic amines is 1. The van der Waals surface area contributed by atoms with Crippen LogP contribution in [0.1, 0.15) is 24.1 Å². The van der Waals surface area contributed by atoms with Gasteiger partial charge < -0.3 is 10.1 Å². The summed E-state index contributed by atoms with van der Waals surface area (Å²) in [5, 5.41) is 11.1. The predicted molar refractivity (Wildman–Crippen MR) is 97.1 cm³/mol. The van der Waals surface area contributed by atoms with E-state index < -0.39 is 0 Å². The third-order valence-corrected chi connectivity index (χ3v) is 4.52. The lowest BCUT2D eigenvalue weighted by Gasteiger charge is -2.31. The number of carbonyl (C=O) groups is 1. The average molecular weight is 333 g/mol. The summed E-state index contributed by atoms with van der Waals surface area (Å²) in [6.45, 7) is 2.68. The van der Waals surface area contributed by atoms with Crippen molar-refractivity contribution in [3.05, 3.63) is 65.9 Å². The quantitative estimate of drug-likeness (QED) is 0.721. The summed E-state index contributed by atoms with van der Waals surface area (Å²) < 4.78 is 5.73. The van der Waals surface area contributed by atoms with Crippen molar-refractivity contribution in [3.8, 4) is 5.75 Å². The van der Waals surface area contributed by atoms with Crippen LogP contribution in [0.25, 0.3) is 17.0 Å². The Kier molecular flexibility index (Phi) is 3.98. The molecule has 0 bridgehead atoms. The Labute approximate surface area is 145 Å². The topological polar surface area (TPSA) is 67.0 Å². The number of nitrogens with zero attached hydrogens (tertiary/aromatic N) is 1. The molecule has 0 saturated carbocycles. The minimum absolute atomic E-state index is 0.0443. The van der Waals surface area contributed by atoms with E-state index in [0.29, 0.717) is 6.61 Å². The molecule has 0 aliphatic carbocycles. The molecule has 2 aromatic carbocycles. The number of rotatable bonds is 3. The lowest BCUT2D eigenvalue weighted by atomic mass is 9.92. The smallest absolute Gasteiger partial charge is 0.244 e. The molecule has 0 radical (unpaired) electrons. The molecular formula is C20H19N3O2. The first-order chi connectivity index (χ1) is 12.2.